The van der Waals surface area contributed by atoms with Gasteiger partial charge in [-0.1, -0.05) is 6.92 Å². The van der Waals surface area contributed by atoms with E-state index in [1.807, 2.05) is 11.8 Å². The number of rotatable bonds is 6. The number of aromatic nitrogens is 2. The Morgan fingerprint density at radius 1 is 1.52 bits per heavy atom. The summed E-state index contributed by atoms with van der Waals surface area (Å²) < 4.78 is 0. The van der Waals surface area contributed by atoms with Crippen molar-refractivity contribution < 1.29 is 10.0 Å². The summed E-state index contributed by atoms with van der Waals surface area (Å²) in [6.45, 7) is 4.25. The van der Waals surface area contributed by atoms with Gasteiger partial charge < -0.3 is 15.3 Å². The van der Waals surface area contributed by atoms with Gasteiger partial charge in [0.1, 0.15) is 6.20 Å². The Morgan fingerprint density at radius 2 is 2.24 bits per heavy atom. The molecule has 1 aliphatic heterocycles. The van der Waals surface area contributed by atoms with E-state index in [0.29, 0.717) is 24.9 Å². The first-order valence-corrected chi connectivity index (χ1v) is 7.26. The maximum atomic E-state index is 11.1. The predicted octanol–water partition coefficient (Wildman–Crippen LogP) is 1.42. The third kappa shape index (κ3) is 3.78. The topological polar surface area (TPSA) is 104 Å². The van der Waals surface area contributed by atoms with Gasteiger partial charge in [-0.15, -0.1) is 0 Å². The van der Waals surface area contributed by atoms with Crippen molar-refractivity contribution >= 4 is 17.5 Å². The molecular weight excluding hydrogens is 274 g/mol. The van der Waals surface area contributed by atoms with Crippen molar-refractivity contribution in [2.24, 2.45) is 5.92 Å². The maximum absolute atomic E-state index is 11.1. The lowest BCUT2D eigenvalue weighted by atomic mass is 9.98. The number of piperidine rings is 1. The second-order valence-electron chi connectivity index (χ2n) is 5.20. The highest BCUT2D eigenvalue weighted by Crippen LogP contribution is 2.29. The highest BCUT2D eigenvalue weighted by Gasteiger charge is 2.26. The van der Waals surface area contributed by atoms with Gasteiger partial charge in [-0.25, -0.2) is 4.98 Å². The van der Waals surface area contributed by atoms with Gasteiger partial charge in [0.25, 0.3) is 0 Å². The summed E-state index contributed by atoms with van der Waals surface area (Å²) >= 11 is 0. The zero-order valence-electron chi connectivity index (χ0n) is 12.2. The fraction of sp³-hybridized carbons (Fsp3) is 0.692. The molecule has 8 nitrogen and oxygen atoms in total. The Balaban J connectivity index is 2.20. The van der Waals surface area contributed by atoms with E-state index >= 15 is 0 Å². The molecule has 0 spiro atoms. The summed E-state index contributed by atoms with van der Waals surface area (Å²) in [5.74, 6) is 1.06. The molecule has 1 aliphatic rings. The number of nitro groups is 1. The fourth-order valence-electron chi connectivity index (χ4n) is 2.38. The Kier molecular flexibility index (Phi) is 5.26. The first kappa shape index (κ1) is 15.4. The SMILES string of the molecule is CCCNc1ncc([N+](=O)[O-])c(N2CCC(CO)CC2)n1. The van der Waals surface area contributed by atoms with Crippen molar-refractivity contribution in [1.29, 1.82) is 0 Å². The number of nitrogens with zero attached hydrogens (tertiary/aromatic N) is 4. The van der Waals surface area contributed by atoms with E-state index in [2.05, 4.69) is 15.3 Å². The van der Waals surface area contributed by atoms with Crippen LogP contribution in [0.15, 0.2) is 6.20 Å². The van der Waals surface area contributed by atoms with E-state index in [1.165, 1.54) is 6.20 Å². The minimum Gasteiger partial charge on any atom is -0.396 e. The molecule has 21 heavy (non-hydrogen) atoms. The molecule has 2 rings (SSSR count). The van der Waals surface area contributed by atoms with E-state index in [4.69, 9.17) is 5.11 Å². The molecule has 0 aliphatic carbocycles. The Morgan fingerprint density at radius 3 is 2.81 bits per heavy atom. The number of aliphatic hydroxyl groups excluding tert-OH is 1. The van der Waals surface area contributed by atoms with E-state index in [9.17, 15) is 10.1 Å². The molecular formula is C13H21N5O3. The maximum Gasteiger partial charge on any atom is 0.329 e. The second-order valence-corrected chi connectivity index (χ2v) is 5.20. The largest absolute Gasteiger partial charge is 0.396 e. The second kappa shape index (κ2) is 7.16. The molecule has 1 aromatic rings. The highest BCUT2D eigenvalue weighted by atomic mass is 16.6. The summed E-state index contributed by atoms with van der Waals surface area (Å²) in [7, 11) is 0. The average Bonchev–Trinajstić information content (AvgIpc) is 2.52. The number of hydrogen-bond donors (Lipinski definition) is 2. The molecule has 116 valence electrons. The average molecular weight is 295 g/mol. The van der Waals surface area contributed by atoms with Gasteiger partial charge in [0.15, 0.2) is 0 Å². The van der Waals surface area contributed by atoms with Crippen molar-refractivity contribution in [3.8, 4) is 0 Å². The van der Waals surface area contributed by atoms with Crippen molar-refractivity contribution in [3.63, 3.8) is 0 Å². The molecule has 0 atom stereocenters. The molecule has 1 saturated heterocycles. The molecule has 2 heterocycles. The smallest absolute Gasteiger partial charge is 0.329 e. The van der Waals surface area contributed by atoms with Crippen LogP contribution in [0.3, 0.4) is 0 Å². The van der Waals surface area contributed by atoms with Crippen molar-refractivity contribution in [2.45, 2.75) is 26.2 Å². The monoisotopic (exact) mass is 295 g/mol. The first-order valence-electron chi connectivity index (χ1n) is 7.26. The van der Waals surface area contributed by atoms with Crippen LogP contribution in [0.2, 0.25) is 0 Å². The number of hydrogen-bond acceptors (Lipinski definition) is 7. The summed E-state index contributed by atoms with van der Waals surface area (Å²) in [4.78, 5) is 20.9. The highest BCUT2D eigenvalue weighted by molar-refractivity contribution is 5.59. The molecule has 0 saturated carbocycles. The first-order chi connectivity index (χ1) is 10.2. The van der Waals surface area contributed by atoms with Crippen molar-refractivity contribution in [3.05, 3.63) is 16.3 Å². The van der Waals surface area contributed by atoms with Crippen LogP contribution in [0.1, 0.15) is 26.2 Å². The van der Waals surface area contributed by atoms with Gasteiger partial charge in [-0.3, -0.25) is 10.1 Å². The molecule has 0 unspecified atom stereocenters. The van der Waals surface area contributed by atoms with Gasteiger partial charge >= 0.3 is 5.69 Å². The van der Waals surface area contributed by atoms with Gasteiger partial charge in [0.2, 0.25) is 11.8 Å². The van der Waals surface area contributed by atoms with E-state index < -0.39 is 4.92 Å². The van der Waals surface area contributed by atoms with E-state index in [1.54, 1.807) is 0 Å². The van der Waals surface area contributed by atoms with E-state index in [-0.39, 0.29) is 18.2 Å². The third-order valence-corrected chi connectivity index (χ3v) is 3.65. The van der Waals surface area contributed by atoms with Crippen LogP contribution < -0.4 is 10.2 Å². The zero-order valence-corrected chi connectivity index (χ0v) is 12.2. The lowest BCUT2D eigenvalue weighted by molar-refractivity contribution is -0.384. The van der Waals surface area contributed by atoms with Crippen LogP contribution in [-0.4, -0.2) is 46.2 Å². The van der Waals surface area contributed by atoms with Crippen LogP contribution >= 0.6 is 0 Å². The van der Waals surface area contributed by atoms with Gasteiger partial charge in [0.05, 0.1) is 4.92 Å². The molecule has 0 bridgehead atoms. The lowest BCUT2D eigenvalue weighted by Gasteiger charge is -2.31. The Labute approximate surface area is 123 Å². The Bertz CT molecular complexity index is 489. The van der Waals surface area contributed by atoms with Gasteiger partial charge in [-0.05, 0) is 25.2 Å². The van der Waals surface area contributed by atoms with E-state index in [0.717, 1.165) is 25.8 Å². The lowest BCUT2D eigenvalue weighted by Crippen LogP contribution is -2.35. The van der Waals surface area contributed by atoms with Crippen LogP contribution in [0.5, 0.6) is 0 Å². The van der Waals surface area contributed by atoms with Crippen molar-refractivity contribution in [1.82, 2.24) is 9.97 Å². The number of aliphatic hydroxyl groups is 1. The normalized spacial score (nSPS) is 16.0. The minimum absolute atomic E-state index is 0.0699. The predicted molar refractivity (Wildman–Crippen MR) is 79.5 cm³/mol. The molecule has 1 fully saturated rings. The molecule has 0 amide bonds. The molecule has 0 aromatic carbocycles. The zero-order chi connectivity index (χ0) is 15.2. The van der Waals surface area contributed by atoms with Crippen LogP contribution in [0, 0.1) is 16.0 Å². The van der Waals surface area contributed by atoms with Gasteiger partial charge in [-0.2, -0.15) is 4.98 Å². The number of nitrogens with one attached hydrogen (secondary N) is 1. The van der Waals surface area contributed by atoms with Crippen LogP contribution in [0.4, 0.5) is 17.5 Å². The fourth-order valence-corrected chi connectivity index (χ4v) is 2.38. The molecule has 8 heteroatoms. The van der Waals surface area contributed by atoms with Crippen LogP contribution in [0.25, 0.3) is 0 Å². The molecule has 2 N–H and O–H groups in total. The standard InChI is InChI=1S/C13H21N5O3/c1-2-5-14-13-15-8-11(18(20)21)12(16-13)17-6-3-10(9-19)4-7-17/h8,10,19H,2-7,9H2,1H3,(H,14,15,16). The summed E-state index contributed by atoms with van der Waals surface area (Å²) in [6, 6.07) is 0. The van der Waals surface area contributed by atoms with Crippen LogP contribution in [-0.2, 0) is 0 Å². The third-order valence-electron chi connectivity index (χ3n) is 3.65. The Hall–Kier alpha value is -1.96. The molecule has 0 radical (unpaired) electrons. The minimum atomic E-state index is -0.447. The number of anilines is 2. The van der Waals surface area contributed by atoms with Gasteiger partial charge in [0, 0.05) is 26.2 Å². The summed E-state index contributed by atoms with van der Waals surface area (Å²) in [5.41, 5.74) is -0.0699. The molecule has 1 aromatic heterocycles. The van der Waals surface area contributed by atoms with Crippen molar-refractivity contribution in [2.75, 3.05) is 36.5 Å². The quantitative estimate of drug-likeness (QED) is 0.604. The summed E-state index contributed by atoms with van der Waals surface area (Å²) in [6.07, 6.45) is 3.82. The summed E-state index contributed by atoms with van der Waals surface area (Å²) in [5, 5.41) is 23.4.